The molecule has 0 aliphatic rings. The van der Waals surface area contributed by atoms with E-state index in [2.05, 4.69) is 5.32 Å². The summed E-state index contributed by atoms with van der Waals surface area (Å²) in [6.07, 6.45) is -4.38. The van der Waals surface area contributed by atoms with Crippen LogP contribution in [0.25, 0.3) is 0 Å². The van der Waals surface area contributed by atoms with Gasteiger partial charge in [0, 0.05) is 0 Å². The Morgan fingerprint density at radius 3 is 2.24 bits per heavy atom. The van der Waals surface area contributed by atoms with Crippen LogP contribution in [0.15, 0.2) is 24.3 Å². The third-order valence-electron chi connectivity index (χ3n) is 3.10. The number of ether oxygens (including phenoxy) is 1. The van der Waals surface area contributed by atoms with Crippen molar-refractivity contribution in [2.45, 2.75) is 32.0 Å². The molecular weight excluding hydrogens is 287 g/mol. The maximum atomic E-state index is 12.5. The number of phenolic OH excluding ortho intramolecular Hbond substituents is 1. The lowest BCUT2D eigenvalue weighted by atomic mass is 9.87. The van der Waals surface area contributed by atoms with Crippen LogP contribution < -0.4 is 5.32 Å². The van der Waals surface area contributed by atoms with Crippen molar-refractivity contribution in [1.82, 2.24) is 5.32 Å². The Balaban J connectivity index is 3.18. The Morgan fingerprint density at radius 1 is 1.24 bits per heavy atom. The van der Waals surface area contributed by atoms with Gasteiger partial charge in [0.1, 0.15) is 11.3 Å². The van der Waals surface area contributed by atoms with E-state index in [0.29, 0.717) is 5.56 Å². The van der Waals surface area contributed by atoms with Crippen LogP contribution in [0.4, 0.5) is 13.2 Å². The zero-order chi connectivity index (χ0) is 16.1. The number of hydrogen-bond acceptors (Lipinski definition) is 4. The molecule has 1 aromatic carbocycles. The SMILES string of the molecule is CCOC(=O)C(CC)(NCC(F)(F)F)c1ccc(O)cc1. The summed E-state index contributed by atoms with van der Waals surface area (Å²) in [6.45, 7) is 1.92. The number of esters is 1. The second-order valence-electron chi connectivity index (χ2n) is 4.49. The van der Waals surface area contributed by atoms with Crippen molar-refractivity contribution in [2.24, 2.45) is 0 Å². The van der Waals surface area contributed by atoms with Crippen molar-refractivity contribution in [3.05, 3.63) is 29.8 Å². The normalized spacial score (nSPS) is 14.5. The summed E-state index contributed by atoms with van der Waals surface area (Å²) in [4.78, 5) is 12.2. The number of alkyl halides is 3. The number of phenols is 1. The monoisotopic (exact) mass is 305 g/mol. The van der Waals surface area contributed by atoms with Crippen LogP contribution in [-0.4, -0.2) is 30.4 Å². The van der Waals surface area contributed by atoms with Crippen LogP contribution in [0, 0.1) is 0 Å². The lowest BCUT2D eigenvalue weighted by molar-refractivity contribution is -0.156. The largest absolute Gasteiger partial charge is 0.508 e. The zero-order valence-corrected chi connectivity index (χ0v) is 11.8. The Labute approximate surface area is 120 Å². The number of benzene rings is 1. The van der Waals surface area contributed by atoms with Gasteiger partial charge >= 0.3 is 12.1 Å². The summed E-state index contributed by atoms with van der Waals surface area (Å²) in [7, 11) is 0. The van der Waals surface area contributed by atoms with Gasteiger partial charge in [0.25, 0.3) is 0 Å². The summed E-state index contributed by atoms with van der Waals surface area (Å²) in [5.74, 6) is -0.814. The minimum Gasteiger partial charge on any atom is -0.508 e. The molecule has 2 N–H and O–H groups in total. The van der Waals surface area contributed by atoms with Crippen molar-refractivity contribution in [3.8, 4) is 5.75 Å². The molecule has 0 radical (unpaired) electrons. The molecule has 0 spiro atoms. The molecule has 0 aliphatic heterocycles. The van der Waals surface area contributed by atoms with E-state index in [1.165, 1.54) is 24.3 Å². The van der Waals surface area contributed by atoms with Crippen LogP contribution in [0.2, 0.25) is 0 Å². The Hall–Kier alpha value is -1.76. The first-order chi connectivity index (χ1) is 9.75. The predicted molar refractivity (Wildman–Crippen MR) is 70.8 cm³/mol. The zero-order valence-electron chi connectivity index (χ0n) is 11.8. The molecule has 21 heavy (non-hydrogen) atoms. The quantitative estimate of drug-likeness (QED) is 0.793. The molecule has 0 fully saturated rings. The first-order valence-electron chi connectivity index (χ1n) is 6.53. The van der Waals surface area contributed by atoms with Crippen LogP contribution in [-0.2, 0) is 15.1 Å². The van der Waals surface area contributed by atoms with E-state index in [1.807, 2.05) is 0 Å². The van der Waals surface area contributed by atoms with E-state index in [1.54, 1.807) is 13.8 Å². The van der Waals surface area contributed by atoms with Crippen LogP contribution in [0.1, 0.15) is 25.8 Å². The molecule has 0 saturated heterocycles. The number of hydrogen-bond donors (Lipinski definition) is 2. The van der Waals surface area contributed by atoms with Crippen molar-refractivity contribution < 1.29 is 27.8 Å². The fourth-order valence-electron chi connectivity index (χ4n) is 2.02. The maximum Gasteiger partial charge on any atom is 0.401 e. The Morgan fingerprint density at radius 2 is 1.81 bits per heavy atom. The highest BCUT2D eigenvalue weighted by molar-refractivity contribution is 5.82. The Bertz CT molecular complexity index is 473. The van der Waals surface area contributed by atoms with Crippen molar-refractivity contribution in [1.29, 1.82) is 0 Å². The van der Waals surface area contributed by atoms with Crippen LogP contribution >= 0.6 is 0 Å². The fourth-order valence-corrected chi connectivity index (χ4v) is 2.02. The lowest BCUT2D eigenvalue weighted by Gasteiger charge is -2.32. The van der Waals surface area contributed by atoms with Crippen molar-refractivity contribution in [2.75, 3.05) is 13.2 Å². The third-order valence-corrected chi connectivity index (χ3v) is 3.10. The minimum atomic E-state index is -4.45. The average molecular weight is 305 g/mol. The van der Waals surface area contributed by atoms with Gasteiger partial charge in [-0.3, -0.25) is 5.32 Å². The molecule has 1 atom stereocenters. The summed E-state index contributed by atoms with van der Waals surface area (Å²) < 4.78 is 42.4. The number of carbonyl (C=O) groups excluding carboxylic acids is 1. The molecule has 0 aromatic heterocycles. The second kappa shape index (κ2) is 6.80. The van der Waals surface area contributed by atoms with Gasteiger partial charge in [0.15, 0.2) is 0 Å². The molecule has 1 aromatic rings. The lowest BCUT2D eigenvalue weighted by Crippen LogP contribution is -2.52. The summed E-state index contributed by atoms with van der Waals surface area (Å²) in [5, 5.41) is 11.5. The fraction of sp³-hybridized carbons (Fsp3) is 0.500. The number of halogens is 3. The number of carbonyl (C=O) groups is 1. The first kappa shape index (κ1) is 17.3. The van der Waals surface area contributed by atoms with E-state index in [-0.39, 0.29) is 18.8 Å². The van der Waals surface area contributed by atoms with Gasteiger partial charge in [0.2, 0.25) is 0 Å². The van der Waals surface area contributed by atoms with E-state index >= 15 is 0 Å². The van der Waals surface area contributed by atoms with Gasteiger partial charge in [-0.15, -0.1) is 0 Å². The van der Waals surface area contributed by atoms with Crippen molar-refractivity contribution >= 4 is 5.97 Å². The highest BCUT2D eigenvalue weighted by Gasteiger charge is 2.43. The molecule has 0 saturated carbocycles. The Kier molecular flexibility index (Phi) is 5.60. The van der Waals surface area contributed by atoms with Crippen LogP contribution in [0.5, 0.6) is 5.75 Å². The smallest absolute Gasteiger partial charge is 0.401 e. The highest BCUT2D eigenvalue weighted by atomic mass is 19.4. The predicted octanol–water partition coefficient (Wildman–Crippen LogP) is 2.71. The van der Waals surface area contributed by atoms with Gasteiger partial charge in [0.05, 0.1) is 13.2 Å². The molecule has 0 aliphatic carbocycles. The first-order valence-corrected chi connectivity index (χ1v) is 6.53. The molecule has 1 rings (SSSR count). The van der Waals surface area contributed by atoms with E-state index < -0.39 is 24.2 Å². The molecule has 0 amide bonds. The van der Waals surface area contributed by atoms with E-state index in [9.17, 15) is 23.1 Å². The van der Waals surface area contributed by atoms with E-state index in [0.717, 1.165) is 0 Å². The van der Waals surface area contributed by atoms with Gasteiger partial charge in [-0.2, -0.15) is 13.2 Å². The van der Waals surface area contributed by atoms with Gasteiger partial charge in [-0.05, 0) is 31.0 Å². The molecular formula is C14H18F3NO3. The molecule has 0 heterocycles. The average Bonchev–Trinajstić information content (AvgIpc) is 2.41. The molecule has 118 valence electrons. The standard InChI is InChI=1S/C14H18F3NO3/c1-3-13(12(20)21-4-2,18-9-14(15,16)17)10-5-7-11(19)8-6-10/h5-8,18-19H,3-4,9H2,1-2H3. The number of nitrogens with one attached hydrogen (secondary N) is 1. The maximum absolute atomic E-state index is 12.5. The summed E-state index contributed by atoms with van der Waals surface area (Å²) in [6, 6.07) is 5.43. The summed E-state index contributed by atoms with van der Waals surface area (Å²) >= 11 is 0. The van der Waals surface area contributed by atoms with Gasteiger partial charge in [-0.25, -0.2) is 4.79 Å². The molecule has 4 nitrogen and oxygen atoms in total. The molecule has 1 unspecified atom stereocenters. The minimum absolute atomic E-state index is 0.0385. The van der Waals surface area contributed by atoms with E-state index in [4.69, 9.17) is 4.74 Å². The highest BCUT2D eigenvalue weighted by Crippen LogP contribution is 2.29. The topological polar surface area (TPSA) is 58.6 Å². The van der Waals surface area contributed by atoms with Crippen LogP contribution in [0.3, 0.4) is 0 Å². The number of aromatic hydroxyl groups is 1. The second-order valence-corrected chi connectivity index (χ2v) is 4.49. The van der Waals surface area contributed by atoms with Gasteiger partial charge < -0.3 is 9.84 Å². The van der Waals surface area contributed by atoms with Crippen molar-refractivity contribution in [3.63, 3.8) is 0 Å². The summed E-state index contributed by atoms with van der Waals surface area (Å²) in [5.41, 5.74) is -1.29. The number of rotatable bonds is 6. The van der Waals surface area contributed by atoms with Gasteiger partial charge in [-0.1, -0.05) is 19.1 Å². The molecule has 0 bridgehead atoms. The molecule has 7 heteroatoms. The third kappa shape index (κ3) is 4.35.